The highest BCUT2D eigenvalue weighted by atomic mass is 16.3. The van der Waals surface area contributed by atoms with Crippen LogP contribution in [0.2, 0.25) is 0 Å². The number of ketones is 3. The Kier molecular flexibility index (Phi) is 4.52. The van der Waals surface area contributed by atoms with Gasteiger partial charge in [0.2, 0.25) is 17.3 Å². The summed E-state index contributed by atoms with van der Waals surface area (Å²) in [6.45, 7) is 0.434. The molecule has 2 aromatic rings. The van der Waals surface area contributed by atoms with Crippen molar-refractivity contribution in [1.29, 1.82) is 0 Å². The number of Topliss-reactive ketones (excluding diaryl/α,β-unsaturated/α-hetero) is 3. The number of aromatic nitrogens is 1. The average Bonchev–Trinajstić information content (AvgIpc) is 3.33. The number of rotatable bonds is 4. The first-order chi connectivity index (χ1) is 14.3. The van der Waals surface area contributed by atoms with Gasteiger partial charge in [-0.05, 0) is 37.1 Å². The van der Waals surface area contributed by atoms with E-state index < -0.39 is 45.4 Å². The molecule has 1 aromatic carbocycles. The smallest absolute Gasteiger partial charge is 0.238 e. The van der Waals surface area contributed by atoms with Crippen LogP contribution >= 0.6 is 0 Å². The van der Waals surface area contributed by atoms with E-state index >= 15 is 0 Å². The number of H-pyrrole nitrogens is 1. The molecule has 0 amide bonds. The Morgan fingerprint density at radius 1 is 0.867 bits per heavy atom. The van der Waals surface area contributed by atoms with E-state index in [0.29, 0.717) is 17.6 Å². The van der Waals surface area contributed by atoms with Crippen molar-refractivity contribution in [2.45, 2.75) is 12.8 Å². The van der Waals surface area contributed by atoms with Crippen LogP contribution in [0.25, 0.3) is 11.1 Å². The molecule has 0 radical (unpaired) electrons. The van der Waals surface area contributed by atoms with E-state index in [1.807, 2.05) is 0 Å². The SMILES string of the molecule is NCCC1=c2c(O)c(O)c(=C3C(=O)C(=O)c4c(CCN)c[nH]c4C3=O)c(O)c2N=C1. The number of aromatic amines is 1. The summed E-state index contributed by atoms with van der Waals surface area (Å²) in [5.74, 6) is -5.32. The lowest BCUT2D eigenvalue weighted by Gasteiger charge is -2.15. The zero-order valence-corrected chi connectivity index (χ0v) is 15.7. The van der Waals surface area contributed by atoms with Crippen molar-refractivity contribution in [3.63, 3.8) is 0 Å². The minimum Gasteiger partial charge on any atom is -0.505 e. The van der Waals surface area contributed by atoms with Crippen LogP contribution in [0.1, 0.15) is 32.8 Å². The molecule has 4 rings (SSSR count). The summed E-state index contributed by atoms with van der Waals surface area (Å²) >= 11 is 0. The Morgan fingerprint density at radius 3 is 2.20 bits per heavy atom. The molecule has 0 atom stereocenters. The molecule has 8 N–H and O–H groups in total. The number of hydrogen-bond acceptors (Lipinski definition) is 9. The lowest BCUT2D eigenvalue weighted by atomic mass is 9.85. The van der Waals surface area contributed by atoms with Gasteiger partial charge < -0.3 is 31.8 Å². The number of aromatic hydroxyl groups is 3. The van der Waals surface area contributed by atoms with E-state index in [2.05, 4.69) is 9.98 Å². The number of nitrogens with two attached hydrogens (primary N) is 2. The maximum Gasteiger partial charge on any atom is 0.238 e. The summed E-state index contributed by atoms with van der Waals surface area (Å²) in [6.07, 6.45) is 3.37. The minimum atomic E-state index is -1.21. The maximum absolute atomic E-state index is 13.0. The molecule has 30 heavy (non-hydrogen) atoms. The molecule has 2 heterocycles. The third-order valence-electron chi connectivity index (χ3n) is 5.22. The highest BCUT2D eigenvalue weighted by Gasteiger charge is 2.40. The lowest BCUT2D eigenvalue weighted by molar-refractivity contribution is -0.110. The third-order valence-corrected chi connectivity index (χ3v) is 5.22. The first kappa shape index (κ1) is 19.6. The van der Waals surface area contributed by atoms with Gasteiger partial charge in [0.15, 0.2) is 17.2 Å². The molecule has 0 unspecified atom stereocenters. The van der Waals surface area contributed by atoms with Crippen molar-refractivity contribution in [3.05, 3.63) is 33.5 Å². The van der Waals surface area contributed by atoms with Gasteiger partial charge in [-0.15, -0.1) is 0 Å². The van der Waals surface area contributed by atoms with E-state index in [1.165, 1.54) is 12.4 Å². The van der Waals surface area contributed by atoms with E-state index in [-0.39, 0.29) is 41.7 Å². The molecule has 0 saturated carbocycles. The van der Waals surface area contributed by atoms with Crippen LogP contribution < -0.4 is 21.9 Å². The fraction of sp³-hybridized carbons (Fsp3) is 0.200. The number of nitrogens with zero attached hydrogens (tertiary/aromatic N) is 1. The number of carbonyl (C=O) groups excluding carboxylic acids is 3. The highest BCUT2D eigenvalue weighted by molar-refractivity contribution is 6.70. The van der Waals surface area contributed by atoms with E-state index in [1.54, 1.807) is 0 Å². The molecule has 1 aliphatic heterocycles. The normalized spacial score (nSPS) is 17.0. The highest BCUT2D eigenvalue weighted by Crippen LogP contribution is 2.34. The molecular formula is C20H18N4O6. The molecule has 10 nitrogen and oxygen atoms in total. The van der Waals surface area contributed by atoms with Crippen molar-refractivity contribution in [3.8, 4) is 17.2 Å². The first-order valence-corrected chi connectivity index (χ1v) is 9.15. The Bertz CT molecular complexity index is 1300. The lowest BCUT2D eigenvalue weighted by Crippen LogP contribution is -2.34. The van der Waals surface area contributed by atoms with Crippen LogP contribution in [0.15, 0.2) is 11.2 Å². The molecule has 0 spiro atoms. The van der Waals surface area contributed by atoms with Gasteiger partial charge in [-0.3, -0.25) is 19.4 Å². The van der Waals surface area contributed by atoms with Crippen molar-refractivity contribution in [2.75, 3.05) is 13.1 Å². The largest absolute Gasteiger partial charge is 0.505 e. The molecule has 10 heteroatoms. The van der Waals surface area contributed by atoms with Crippen LogP contribution in [-0.2, 0) is 11.2 Å². The zero-order chi connectivity index (χ0) is 21.7. The second-order valence-corrected chi connectivity index (χ2v) is 6.93. The topological polar surface area (TPSA) is 192 Å². The summed E-state index contributed by atoms with van der Waals surface area (Å²) in [5, 5.41) is 31.2. The first-order valence-electron chi connectivity index (χ1n) is 9.15. The van der Waals surface area contributed by atoms with E-state index in [0.717, 1.165) is 0 Å². The number of fused-ring (bicyclic) bond motifs is 2. The van der Waals surface area contributed by atoms with Gasteiger partial charge in [0.05, 0.1) is 27.3 Å². The Morgan fingerprint density at radius 2 is 1.53 bits per heavy atom. The van der Waals surface area contributed by atoms with Crippen molar-refractivity contribution in [1.82, 2.24) is 4.98 Å². The molecule has 0 fully saturated rings. The van der Waals surface area contributed by atoms with Crippen LogP contribution in [0.5, 0.6) is 17.2 Å². The quantitative estimate of drug-likeness (QED) is 0.202. The number of carbonyl (C=O) groups is 3. The second kappa shape index (κ2) is 6.94. The summed E-state index contributed by atoms with van der Waals surface area (Å²) in [4.78, 5) is 45.3. The van der Waals surface area contributed by atoms with Crippen molar-refractivity contribution < 1.29 is 29.7 Å². The molecule has 1 aromatic heterocycles. The van der Waals surface area contributed by atoms with Crippen LogP contribution in [0, 0.1) is 0 Å². The van der Waals surface area contributed by atoms with Crippen LogP contribution in [0.4, 0.5) is 5.69 Å². The zero-order valence-electron chi connectivity index (χ0n) is 15.7. The molecule has 1 aliphatic carbocycles. The average molecular weight is 410 g/mol. The monoisotopic (exact) mass is 410 g/mol. The second-order valence-electron chi connectivity index (χ2n) is 6.93. The predicted octanol–water partition coefficient (Wildman–Crippen LogP) is -1.35. The fourth-order valence-corrected chi connectivity index (χ4v) is 3.85. The van der Waals surface area contributed by atoms with E-state index in [9.17, 15) is 29.7 Å². The van der Waals surface area contributed by atoms with Gasteiger partial charge in [-0.1, -0.05) is 0 Å². The van der Waals surface area contributed by atoms with Gasteiger partial charge in [0.1, 0.15) is 5.69 Å². The molecular weight excluding hydrogens is 392 g/mol. The number of phenolic OH excluding ortho intramolecular Hbond substituents is 3. The summed E-state index contributed by atoms with van der Waals surface area (Å²) in [5.41, 5.74) is 10.9. The Balaban J connectivity index is 2.07. The van der Waals surface area contributed by atoms with Gasteiger partial charge in [0.25, 0.3) is 0 Å². The Labute approximate surface area is 168 Å². The molecule has 0 saturated heterocycles. The van der Waals surface area contributed by atoms with Crippen molar-refractivity contribution >= 4 is 40.4 Å². The molecule has 0 bridgehead atoms. The molecule has 2 aliphatic rings. The number of aliphatic imine (C=N–C) groups is 1. The third kappa shape index (κ3) is 2.51. The van der Waals surface area contributed by atoms with Gasteiger partial charge in [-0.25, -0.2) is 0 Å². The number of benzene rings is 1. The number of phenols is 3. The van der Waals surface area contributed by atoms with Crippen LogP contribution in [-0.4, -0.2) is 57.0 Å². The standard InChI is InChI=1S/C20H18N4O6/c21-3-1-7-5-23-13-9(7)17(27)19(29)11(15(13)25)12-16(26)14-10(18(28)20(12)30)8(2-4-22)6-24-14/h5-6,23,26,28,30H,1-4,21-22H2. The predicted molar refractivity (Wildman–Crippen MR) is 107 cm³/mol. The molecule has 154 valence electrons. The summed E-state index contributed by atoms with van der Waals surface area (Å²) in [6, 6.07) is 0. The van der Waals surface area contributed by atoms with Gasteiger partial charge >= 0.3 is 0 Å². The van der Waals surface area contributed by atoms with Crippen LogP contribution in [0.3, 0.4) is 0 Å². The Hall–Kier alpha value is -3.76. The van der Waals surface area contributed by atoms with Gasteiger partial charge in [-0.2, -0.15) is 0 Å². The van der Waals surface area contributed by atoms with Crippen molar-refractivity contribution in [2.24, 2.45) is 16.5 Å². The summed E-state index contributed by atoms with van der Waals surface area (Å²) < 4.78 is 0. The maximum atomic E-state index is 13.0. The van der Waals surface area contributed by atoms with Gasteiger partial charge in [0, 0.05) is 12.4 Å². The summed E-state index contributed by atoms with van der Waals surface area (Å²) in [7, 11) is 0. The fourth-order valence-electron chi connectivity index (χ4n) is 3.85. The minimum absolute atomic E-state index is 0.0626. The number of nitrogens with one attached hydrogen (secondary N) is 1. The van der Waals surface area contributed by atoms with E-state index in [4.69, 9.17) is 11.5 Å². The number of hydrogen-bond donors (Lipinski definition) is 6.